The van der Waals surface area contributed by atoms with Crippen LogP contribution in [0.3, 0.4) is 0 Å². The molecule has 0 radical (unpaired) electrons. The number of hydrogen-bond acceptors (Lipinski definition) is 1. The molecule has 0 saturated carbocycles. The molecule has 0 aromatic heterocycles. The van der Waals surface area contributed by atoms with Crippen molar-refractivity contribution >= 4 is 51.6 Å². The minimum absolute atomic E-state index is 0.160. The minimum atomic E-state index is -2.47. The van der Waals surface area contributed by atoms with Crippen LogP contribution in [0.1, 0.15) is 62.3 Å². The van der Waals surface area contributed by atoms with Crippen molar-refractivity contribution in [1.29, 1.82) is 0 Å². The summed E-state index contributed by atoms with van der Waals surface area (Å²) in [4.78, 5) is 0. The molecule has 188 valence electrons. The molecule has 1 N–H and O–H groups in total. The normalized spacial score (nSPS) is 19.7. The zero-order valence-electron chi connectivity index (χ0n) is 21.6. The quantitative estimate of drug-likeness (QED) is 0.192. The van der Waals surface area contributed by atoms with Gasteiger partial charge in [0.05, 0.1) is 0 Å². The van der Waals surface area contributed by atoms with Crippen molar-refractivity contribution in [3.63, 3.8) is 0 Å². The summed E-state index contributed by atoms with van der Waals surface area (Å²) in [6.07, 6.45) is 12.0. The van der Waals surface area contributed by atoms with Crippen LogP contribution in [-0.2, 0) is 0 Å². The molecular weight excluding hydrogens is 492 g/mol. The van der Waals surface area contributed by atoms with Gasteiger partial charge in [0.25, 0.3) is 0 Å². The Labute approximate surface area is 204 Å². The average molecular weight is 546 g/mol. The van der Waals surface area contributed by atoms with Crippen molar-refractivity contribution in [2.75, 3.05) is 80.5 Å². The Kier molecular flexibility index (Phi) is 11.6. The monoisotopic (exact) mass is 544 g/mol. The molecule has 0 spiro atoms. The van der Waals surface area contributed by atoms with E-state index in [1.54, 1.807) is 0 Å². The van der Waals surface area contributed by atoms with Gasteiger partial charge in [0.2, 0.25) is 0 Å². The molecule has 0 aromatic rings. The molecule has 30 heavy (non-hydrogen) atoms. The molecule has 0 amide bonds. The number of aliphatic hydroxyl groups is 1. The number of halogens is 3. The van der Waals surface area contributed by atoms with Crippen LogP contribution in [-0.4, -0.2) is 85.7 Å². The van der Waals surface area contributed by atoms with E-state index >= 15 is 0 Å². The van der Waals surface area contributed by atoms with Crippen LogP contribution >= 0.6 is 51.6 Å². The summed E-state index contributed by atoms with van der Waals surface area (Å²) >= 11 is 23.1. The van der Waals surface area contributed by atoms with Gasteiger partial charge in [0, 0.05) is 0 Å². The third-order valence-corrected chi connectivity index (χ3v) is 35.8. The van der Waals surface area contributed by atoms with Crippen LogP contribution in [0.5, 0.6) is 0 Å². The van der Waals surface area contributed by atoms with Gasteiger partial charge in [-0.1, -0.05) is 0 Å². The summed E-state index contributed by atoms with van der Waals surface area (Å²) in [7, 11) is 0. The fourth-order valence-corrected chi connectivity index (χ4v) is 20.7. The van der Waals surface area contributed by atoms with Crippen molar-refractivity contribution in [1.82, 2.24) is 0 Å². The molecule has 0 rings (SSSR count). The summed E-state index contributed by atoms with van der Waals surface area (Å²) in [5.41, 5.74) is -0.273. The first-order chi connectivity index (χ1) is 13.6. The maximum atomic E-state index is 11.2. The van der Waals surface area contributed by atoms with Gasteiger partial charge in [-0.25, -0.2) is 0 Å². The van der Waals surface area contributed by atoms with Gasteiger partial charge in [-0.05, 0) is 0 Å². The van der Waals surface area contributed by atoms with E-state index in [4.69, 9.17) is 33.7 Å². The summed E-state index contributed by atoms with van der Waals surface area (Å²) < 4.78 is 0. The predicted molar refractivity (Wildman–Crippen MR) is 157 cm³/mol. The standard InChI is InChI=1S/C23H54Cl3OP3/c1-10-28(24,11-2,12-3)20-23(19-27,21-29(25,13-4,14-5)15-6)22-30(26,16-7,17-8)18-9/h27H,10-22H2,1-9H3. The third-order valence-electron chi connectivity index (χ3n) is 9.64. The molecule has 7 heteroatoms. The Balaban J connectivity index is 6.94. The molecule has 0 saturated heterocycles. The second kappa shape index (κ2) is 10.8. The van der Waals surface area contributed by atoms with Crippen molar-refractivity contribution in [2.45, 2.75) is 62.3 Å². The summed E-state index contributed by atoms with van der Waals surface area (Å²) in [6, 6.07) is 0. The van der Waals surface area contributed by atoms with Gasteiger partial charge in [-0.2, -0.15) is 0 Å². The van der Waals surface area contributed by atoms with Crippen molar-refractivity contribution in [3.8, 4) is 0 Å². The maximum absolute atomic E-state index is 11.2. The summed E-state index contributed by atoms with van der Waals surface area (Å²) in [5, 5.41) is 11.2. The van der Waals surface area contributed by atoms with E-state index in [-0.39, 0.29) is 12.0 Å². The molecule has 0 aliphatic rings. The molecule has 0 aliphatic heterocycles. The fraction of sp³-hybridized carbons (Fsp3) is 1.00. The van der Waals surface area contributed by atoms with Crippen LogP contribution in [0, 0.1) is 5.41 Å². The van der Waals surface area contributed by atoms with Crippen LogP contribution < -0.4 is 0 Å². The topological polar surface area (TPSA) is 20.2 Å². The van der Waals surface area contributed by atoms with Gasteiger partial charge < -0.3 is 0 Å². The van der Waals surface area contributed by atoms with Gasteiger partial charge in [-0.15, -0.1) is 0 Å². The van der Waals surface area contributed by atoms with Gasteiger partial charge >= 0.3 is 205 Å². The predicted octanol–water partition coefficient (Wildman–Crippen LogP) is 9.27. The zero-order valence-corrected chi connectivity index (χ0v) is 26.6. The Bertz CT molecular complexity index is 451. The molecule has 0 aliphatic carbocycles. The van der Waals surface area contributed by atoms with Gasteiger partial charge in [0.1, 0.15) is 0 Å². The molecule has 0 fully saturated rings. The zero-order chi connectivity index (χ0) is 24.0. The average Bonchev–Trinajstić information content (AvgIpc) is 2.79. The second-order valence-corrected chi connectivity index (χ2v) is 36.6. The molecule has 0 atom stereocenters. The second-order valence-electron chi connectivity index (χ2n) is 10.4. The fourth-order valence-electron chi connectivity index (χ4n) is 5.83. The Morgan fingerprint density at radius 3 is 0.733 bits per heavy atom. The van der Waals surface area contributed by atoms with E-state index in [1.807, 2.05) is 0 Å². The molecular formula is C23H54Cl3OP3. The number of hydrogen-bond donors (Lipinski definition) is 1. The molecule has 1 nitrogen and oxygen atoms in total. The third kappa shape index (κ3) is 6.62. The first kappa shape index (κ1) is 32.1. The molecule has 0 bridgehead atoms. The molecule has 0 unspecified atom stereocenters. The van der Waals surface area contributed by atoms with Gasteiger partial charge in [-0.3, -0.25) is 0 Å². The Morgan fingerprint density at radius 2 is 0.633 bits per heavy atom. The van der Waals surface area contributed by atoms with E-state index in [9.17, 15) is 5.11 Å². The van der Waals surface area contributed by atoms with E-state index < -0.39 is 17.9 Å². The number of aliphatic hydroxyl groups excluding tert-OH is 1. The van der Waals surface area contributed by atoms with Crippen LogP contribution in [0.2, 0.25) is 0 Å². The Morgan fingerprint density at radius 1 is 0.467 bits per heavy atom. The van der Waals surface area contributed by atoms with Crippen LogP contribution in [0.15, 0.2) is 0 Å². The van der Waals surface area contributed by atoms with Crippen molar-refractivity contribution in [3.05, 3.63) is 0 Å². The summed E-state index contributed by atoms with van der Waals surface area (Å²) in [6.45, 7) is 20.5. The van der Waals surface area contributed by atoms with E-state index in [0.717, 1.165) is 73.9 Å². The summed E-state index contributed by atoms with van der Waals surface area (Å²) in [5.74, 6) is -7.42. The van der Waals surface area contributed by atoms with E-state index in [1.165, 1.54) is 0 Å². The Hall–Kier alpha value is 2.12. The van der Waals surface area contributed by atoms with Crippen molar-refractivity contribution in [2.24, 2.45) is 5.41 Å². The number of rotatable bonds is 16. The first-order valence-electron chi connectivity index (χ1n) is 12.4. The van der Waals surface area contributed by atoms with E-state index in [0.29, 0.717) is 0 Å². The van der Waals surface area contributed by atoms with Crippen LogP contribution in [0.4, 0.5) is 0 Å². The van der Waals surface area contributed by atoms with E-state index in [2.05, 4.69) is 62.3 Å². The van der Waals surface area contributed by atoms with Gasteiger partial charge in [0.15, 0.2) is 0 Å². The SMILES string of the molecule is CCP(Cl)(CC)(CC)CC(CO)(CP(Cl)(CC)(CC)CC)CP(Cl)(CC)(CC)CC. The molecule has 0 aromatic carbocycles. The van der Waals surface area contributed by atoms with Crippen molar-refractivity contribution < 1.29 is 5.11 Å². The first-order valence-corrected chi connectivity index (χ1v) is 24.0. The van der Waals surface area contributed by atoms with Crippen LogP contribution in [0.25, 0.3) is 0 Å². The molecule has 0 heterocycles.